The van der Waals surface area contributed by atoms with Crippen molar-refractivity contribution in [2.24, 2.45) is 0 Å². The first-order valence-corrected chi connectivity index (χ1v) is 5.81. The van der Waals surface area contributed by atoms with Crippen molar-refractivity contribution in [2.45, 2.75) is 45.7 Å². The van der Waals surface area contributed by atoms with Crippen LogP contribution in [0.25, 0.3) is 0 Å². The van der Waals surface area contributed by atoms with E-state index in [1.54, 1.807) is 34.6 Å². The third-order valence-electron chi connectivity index (χ3n) is 2.13. The second-order valence-electron chi connectivity index (χ2n) is 4.93. The monoisotopic (exact) mass is 220 g/mol. The van der Waals surface area contributed by atoms with E-state index < -0.39 is 27.2 Å². The SMILES string of the molecule is CC(C)(C)N1C(C)(C)C(=O)NS1(=O)=O. The van der Waals surface area contributed by atoms with Crippen LogP contribution >= 0.6 is 0 Å². The largest absolute Gasteiger partial charge is 0.305 e. The van der Waals surface area contributed by atoms with Crippen LogP contribution < -0.4 is 4.72 Å². The molecule has 1 fully saturated rings. The molecule has 82 valence electrons. The van der Waals surface area contributed by atoms with Crippen molar-refractivity contribution in [3.8, 4) is 0 Å². The van der Waals surface area contributed by atoms with Crippen LogP contribution in [0.5, 0.6) is 0 Å². The first kappa shape index (κ1) is 11.5. The Morgan fingerprint density at radius 3 is 1.86 bits per heavy atom. The van der Waals surface area contributed by atoms with E-state index in [1.807, 2.05) is 4.72 Å². The van der Waals surface area contributed by atoms with Gasteiger partial charge in [-0.05, 0) is 34.6 Å². The van der Waals surface area contributed by atoms with Crippen LogP contribution in [0.3, 0.4) is 0 Å². The maximum atomic E-state index is 11.6. The molecule has 0 aliphatic carbocycles. The molecule has 1 aliphatic rings. The van der Waals surface area contributed by atoms with Crippen LogP contribution in [0.4, 0.5) is 0 Å². The van der Waals surface area contributed by atoms with E-state index >= 15 is 0 Å². The molecule has 1 saturated heterocycles. The molecule has 0 saturated carbocycles. The van der Waals surface area contributed by atoms with Gasteiger partial charge >= 0.3 is 10.2 Å². The molecule has 1 heterocycles. The van der Waals surface area contributed by atoms with Crippen LogP contribution in [0.15, 0.2) is 0 Å². The maximum absolute atomic E-state index is 11.6. The van der Waals surface area contributed by atoms with Gasteiger partial charge in [0.25, 0.3) is 5.91 Å². The average Bonchev–Trinajstić information content (AvgIpc) is 1.93. The Morgan fingerprint density at radius 2 is 1.71 bits per heavy atom. The molecule has 1 N–H and O–H groups in total. The fraction of sp³-hybridized carbons (Fsp3) is 0.875. The molecule has 0 bridgehead atoms. The molecule has 0 unspecified atom stereocenters. The van der Waals surface area contributed by atoms with Crippen molar-refractivity contribution < 1.29 is 13.2 Å². The van der Waals surface area contributed by atoms with Gasteiger partial charge in [-0.3, -0.25) is 4.79 Å². The van der Waals surface area contributed by atoms with Gasteiger partial charge in [0.1, 0.15) is 5.54 Å². The van der Waals surface area contributed by atoms with Crippen molar-refractivity contribution in [3.63, 3.8) is 0 Å². The number of hydrogen-bond donors (Lipinski definition) is 1. The van der Waals surface area contributed by atoms with Crippen LogP contribution in [0.2, 0.25) is 0 Å². The zero-order valence-electron chi connectivity index (χ0n) is 9.08. The lowest BCUT2D eigenvalue weighted by atomic mass is 9.98. The molecule has 5 nitrogen and oxygen atoms in total. The van der Waals surface area contributed by atoms with E-state index in [1.165, 1.54) is 4.31 Å². The van der Waals surface area contributed by atoms with E-state index in [-0.39, 0.29) is 0 Å². The smallest absolute Gasteiger partial charge is 0.272 e. The minimum atomic E-state index is -3.67. The Balaban J connectivity index is 3.33. The Morgan fingerprint density at radius 1 is 1.29 bits per heavy atom. The summed E-state index contributed by atoms with van der Waals surface area (Å²) < 4.78 is 26.5. The molecule has 1 aliphatic heterocycles. The Labute approximate surface area is 84.7 Å². The maximum Gasteiger partial charge on any atom is 0.305 e. The molecule has 0 spiro atoms. The van der Waals surface area contributed by atoms with Gasteiger partial charge in [0.2, 0.25) is 0 Å². The van der Waals surface area contributed by atoms with Crippen LogP contribution in [-0.2, 0) is 15.0 Å². The highest BCUT2D eigenvalue weighted by molar-refractivity contribution is 7.88. The summed E-state index contributed by atoms with van der Waals surface area (Å²) in [5.74, 6) is -0.479. The highest BCUT2D eigenvalue weighted by Gasteiger charge is 2.54. The minimum Gasteiger partial charge on any atom is -0.272 e. The van der Waals surface area contributed by atoms with Crippen molar-refractivity contribution in [1.82, 2.24) is 9.03 Å². The summed E-state index contributed by atoms with van der Waals surface area (Å²) in [6, 6.07) is 0. The summed E-state index contributed by atoms with van der Waals surface area (Å²) in [6.07, 6.45) is 0. The van der Waals surface area contributed by atoms with Gasteiger partial charge in [0, 0.05) is 5.54 Å². The number of amides is 1. The number of nitrogens with one attached hydrogen (secondary N) is 1. The Bertz CT molecular complexity index is 365. The zero-order chi connectivity index (χ0) is 11.4. The van der Waals surface area contributed by atoms with Gasteiger partial charge in [-0.15, -0.1) is 0 Å². The number of carbonyl (C=O) groups is 1. The fourth-order valence-corrected chi connectivity index (χ4v) is 3.86. The zero-order valence-corrected chi connectivity index (χ0v) is 9.90. The van der Waals surface area contributed by atoms with E-state index in [0.717, 1.165) is 0 Å². The number of hydrogen-bond acceptors (Lipinski definition) is 3. The molecule has 14 heavy (non-hydrogen) atoms. The standard InChI is InChI=1S/C8H16N2O3S/c1-7(2,3)10-8(4,5)6(11)9-14(10,12)13/h1-5H3,(H,9,11). The van der Waals surface area contributed by atoms with Gasteiger partial charge in [-0.1, -0.05) is 0 Å². The van der Waals surface area contributed by atoms with E-state index in [4.69, 9.17) is 0 Å². The fourth-order valence-electron chi connectivity index (χ4n) is 1.88. The van der Waals surface area contributed by atoms with Crippen molar-refractivity contribution in [1.29, 1.82) is 0 Å². The molecule has 6 heteroatoms. The summed E-state index contributed by atoms with van der Waals surface area (Å²) in [7, 11) is -3.67. The van der Waals surface area contributed by atoms with Crippen LogP contribution in [0, 0.1) is 0 Å². The molecule has 1 amide bonds. The van der Waals surface area contributed by atoms with Gasteiger partial charge in [0.05, 0.1) is 0 Å². The van der Waals surface area contributed by atoms with E-state index in [0.29, 0.717) is 0 Å². The first-order valence-electron chi connectivity index (χ1n) is 4.37. The van der Waals surface area contributed by atoms with E-state index in [2.05, 4.69) is 0 Å². The van der Waals surface area contributed by atoms with Gasteiger partial charge in [-0.25, -0.2) is 4.72 Å². The average molecular weight is 220 g/mol. The van der Waals surface area contributed by atoms with Crippen molar-refractivity contribution in [2.75, 3.05) is 0 Å². The lowest BCUT2D eigenvalue weighted by Crippen LogP contribution is -2.54. The van der Waals surface area contributed by atoms with Gasteiger partial charge in [-0.2, -0.15) is 12.7 Å². The van der Waals surface area contributed by atoms with Gasteiger partial charge in [0.15, 0.2) is 0 Å². The van der Waals surface area contributed by atoms with Gasteiger partial charge < -0.3 is 0 Å². The summed E-state index contributed by atoms with van der Waals surface area (Å²) in [6.45, 7) is 8.46. The first-order chi connectivity index (χ1) is 5.99. The normalized spacial score (nSPS) is 26.2. The molecule has 0 radical (unpaired) electrons. The molecule has 1 rings (SSSR count). The summed E-state index contributed by atoms with van der Waals surface area (Å²) >= 11 is 0. The second kappa shape index (κ2) is 2.70. The van der Waals surface area contributed by atoms with Crippen LogP contribution in [0.1, 0.15) is 34.6 Å². The molecule has 0 aromatic carbocycles. The second-order valence-corrected chi connectivity index (χ2v) is 6.45. The minimum absolute atomic E-state index is 0.479. The molecular formula is C8H16N2O3S. The lowest BCUT2D eigenvalue weighted by molar-refractivity contribution is -0.126. The summed E-state index contributed by atoms with van der Waals surface area (Å²) in [4.78, 5) is 11.4. The van der Waals surface area contributed by atoms with E-state index in [9.17, 15) is 13.2 Å². The lowest BCUT2D eigenvalue weighted by Gasteiger charge is -2.36. The molecular weight excluding hydrogens is 204 g/mol. The number of rotatable bonds is 0. The Hall–Kier alpha value is -0.620. The summed E-state index contributed by atoms with van der Waals surface area (Å²) in [5, 5.41) is 0. The topological polar surface area (TPSA) is 66.5 Å². The predicted molar refractivity (Wildman–Crippen MR) is 52.7 cm³/mol. The highest BCUT2D eigenvalue weighted by atomic mass is 32.2. The molecule has 0 aromatic heterocycles. The highest BCUT2D eigenvalue weighted by Crippen LogP contribution is 2.32. The predicted octanol–water partition coefficient (Wildman–Crippen LogP) is 0.240. The number of carbonyl (C=O) groups excluding carboxylic acids is 1. The van der Waals surface area contributed by atoms with Crippen molar-refractivity contribution >= 4 is 16.1 Å². The third-order valence-corrected chi connectivity index (χ3v) is 4.06. The quantitative estimate of drug-likeness (QED) is 0.636. The van der Waals surface area contributed by atoms with Crippen molar-refractivity contribution in [3.05, 3.63) is 0 Å². The van der Waals surface area contributed by atoms with Crippen LogP contribution in [-0.4, -0.2) is 29.7 Å². The Kier molecular flexibility index (Phi) is 2.21. The summed E-state index contributed by atoms with van der Waals surface area (Å²) in [5.41, 5.74) is -1.63. The molecule has 0 atom stereocenters. The third kappa shape index (κ3) is 1.52. The molecule has 0 aromatic rings. The number of nitrogens with zero attached hydrogens (tertiary/aromatic N) is 1.